The number of amides is 1. The van der Waals surface area contributed by atoms with E-state index >= 15 is 0 Å². The molecule has 0 radical (unpaired) electrons. The first kappa shape index (κ1) is 27.3. The second-order valence-electron chi connectivity index (χ2n) is 13.6. The van der Waals surface area contributed by atoms with Gasteiger partial charge in [0.25, 0.3) is 0 Å². The number of carbonyl (C=O) groups excluding carboxylic acids is 2. The van der Waals surface area contributed by atoms with Crippen LogP contribution >= 0.6 is 8.58 Å². The van der Waals surface area contributed by atoms with Gasteiger partial charge in [0.15, 0.2) is 0 Å². The highest BCUT2D eigenvalue weighted by Gasteiger charge is 2.59. The van der Waals surface area contributed by atoms with Gasteiger partial charge in [0.05, 0.1) is 0 Å². The summed E-state index contributed by atoms with van der Waals surface area (Å²) >= 11 is 0. The van der Waals surface area contributed by atoms with Gasteiger partial charge in [0.1, 0.15) is 6.29 Å². The van der Waals surface area contributed by atoms with Gasteiger partial charge in [-0.15, -0.1) is 8.58 Å². The number of aldehydes is 1. The van der Waals surface area contributed by atoms with E-state index in [1.807, 2.05) is 0 Å². The van der Waals surface area contributed by atoms with Crippen molar-refractivity contribution in [1.29, 1.82) is 0 Å². The number of nitrogens with one attached hydrogen (secondary N) is 1. The molecule has 0 heterocycles. The Labute approximate surface area is 217 Å². The Kier molecular flexibility index (Phi) is 8.88. The van der Waals surface area contributed by atoms with Crippen molar-refractivity contribution in [3.63, 3.8) is 0 Å². The molecular weight excluding hydrogens is 449 g/mol. The SMILES string of the molecule is CC(C)CCC[C@@H](C)[C@H]1CCC2C3CC=C4C[C@@H](NC(=O)CPCC=O)CC[C@]4(C)C3CC[C@@]21C. The third kappa shape index (κ3) is 5.61. The van der Waals surface area contributed by atoms with Crippen molar-refractivity contribution in [3.05, 3.63) is 11.6 Å². The third-order valence-corrected chi connectivity index (χ3v) is 12.2. The fourth-order valence-electron chi connectivity index (χ4n) is 9.33. The van der Waals surface area contributed by atoms with E-state index < -0.39 is 0 Å². The highest BCUT2D eigenvalue weighted by Crippen LogP contribution is 2.67. The molecule has 4 aliphatic rings. The molecule has 0 aromatic carbocycles. The Balaban J connectivity index is 1.39. The zero-order chi connectivity index (χ0) is 25.2. The average Bonchev–Trinajstić information content (AvgIpc) is 3.16. The Morgan fingerprint density at radius 3 is 2.66 bits per heavy atom. The second-order valence-corrected chi connectivity index (χ2v) is 14.9. The van der Waals surface area contributed by atoms with Gasteiger partial charge in [0.2, 0.25) is 5.91 Å². The molecule has 198 valence electrons. The molecule has 1 N–H and O–H groups in total. The van der Waals surface area contributed by atoms with E-state index in [1.165, 1.54) is 57.8 Å². The topological polar surface area (TPSA) is 46.2 Å². The molecule has 3 saturated carbocycles. The quantitative estimate of drug-likeness (QED) is 0.147. The smallest absolute Gasteiger partial charge is 0.224 e. The van der Waals surface area contributed by atoms with Crippen molar-refractivity contribution >= 4 is 20.8 Å². The fraction of sp³-hybridized carbons (Fsp3) is 0.871. The number of allylic oxidation sites excluding steroid dienone is 1. The molecular formula is C31H52NO2P. The normalized spacial score (nSPS) is 39.6. The molecule has 4 aliphatic carbocycles. The van der Waals surface area contributed by atoms with E-state index in [0.29, 0.717) is 31.7 Å². The van der Waals surface area contributed by atoms with Crippen LogP contribution in [0.3, 0.4) is 0 Å². The first-order valence-electron chi connectivity index (χ1n) is 14.8. The van der Waals surface area contributed by atoms with Crippen LogP contribution < -0.4 is 5.32 Å². The summed E-state index contributed by atoms with van der Waals surface area (Å²) in [6.45, 7) is 12.6. The summed E-state index contributed by atoms with van der Waals surface area (Å²) in [4.78, 5) is 22.9. The first-order chi connectivity index (χ1) is 16.7. The van der Waals surface area contributed by atoms with Gasteiger partial charge in [0, 0.05) is 18.4 Å². The highest BCUT2D eigenvalue weighted by molar-refractivity contribution is 7.40. The molecule has 4 unspecified atom stereocenters. The molecule has 35 heavy (non-hydrogen) atoms. The van der Waals surface area contributed by atoms with E-state index in [2.05, 4.69) is 46.0 Å². The number of hydrogen-bond donors (Lipinski definition) is 1. The zero-order valence-corrected chi connectivity index (χ0v) is 24.2. The standard InChI is InChI=1S/C31H52NO2P/c1-21(2)7-6-8-22(3)26-11-12-27-25-10-9-23-19-24(32-29(34)20-35-18-17-33)13-15-30(23,4)28(25)14-16-31(26,27)5/h9,17,21-22,24-28,35H,6-8,10-16,18-20H2,1-5H3,(H,32,34)/t22-,24+,25?,26-,27?,28?,30+,31-/m1/s1. The number of carbonyl (C=O) groups is 2. The summed E-state index contributed by atoms with van der Waals surface area (Å²) in [5.41, 5.74) is 2.53. The van der Waals surface area contributed by atoms with Crippen LogP contribution in [-0.4, -0.2) is 30.6 Å². The van der Waals surface area contributed by atoms with Crippen molar-refractivity contribution < 1.29 is 9.59 Å². The maximum atomic E-state index is 12.4. The molecule has 0 aromatic heterocycles. The minimum atomic E-state index is 0.140. The predicted octanol–water partition coefficient (Wildman–Crippen LogP) is 7.39. The van der Waals surface area contributed by atoms with Crippen LogP contribution in [0.15, 0.2) is 11.6 Å². The molecule has 0 spiro atoms. The van der Waals surface area contributed by atoms with E-state index in [9.17, 15) is 9.59 Å². The average molecular weight is 502 g/mol. The largest absolute Gasteiger partial charge is 0.353 e. The van der Waals surface area contributed by atoms with Crippen LogP contribution in [0.25, 0.3) is 0 Å². The van der Waals surface area contributed by atoms with E-state index in [1.54, 1.807) is 5.57 Å². The van der Waals surface area contributed by atoms with Gasteiger partial charge >= 0.3 is 0 Å². The van der Waals surface area contributed by atoms with Gasteiger partial charge in [-0.3, -0.25) is 4.79 Å². The maximum Gasteiger partial charge on any atom is 0.224 e. The molecule has 0 bridgehead atoms. The Bertz CT molecular complexity index is 793. The molecule has 0 saturated heterocycles. The third-order valence-electron chi connectivity index (χ3n) is 11.2. The van der Waals surface area contributed by atoms with Crippen molar-refractivity contribution in [1.82, 2.24) is 5.32 Å². The molecule has 9 atom stereocenters. The van der Waals surface area contributed by atoms with Gasteiger partial charge in [-0.25, -0.2) is 0 Å². The molecule has 1 amide bonds. The summed E-state index contributed by atoms with van der Waals surface area (Å²) in [5.74, 6) is 5.37. The van der Waals surface area contributed by atoms with Gasteiger partial charge in [-0.05, 0) is 97.7 Å². The molecule has 0 aromatic rings. The molecule has 3 fully saturated rings. The summed E-state index contributed by atoms with van der Waals surface area (Å²) < 4.78 is 0. The lowest BCUT2D eigenvalue weighted by Crippen LogP contribution is -2.52. The minimum Gasteiger partial charge on any atom is -0.353 e. The maximum absolute atomic E-state index is 12.4. The van der Waals surface area contributed by atoms with Crippen molar-refractivity contribution in [2.75, 3.05) is 12.3 Å². The predicted molar refractivity (Wildman–Crippen MR) is 149 cm³/mol. The lowest BCUT2D eigenvalue weighted by atomic mass is 9.47. The summed E-state index contributed by atoms with van der Waals surface area (Å²) in [5, 5.41) is 3.30. The summed E-state index contributed by atoms with van der Waals surface area (Å²) in [6.07, 6.45) is 19.2. The minimum absolute atomic E-state index is 0.140. The molecule has 0 aliphatic heterocycles. The number of rotatable bonds is 10. The van der Waals surface area contributed by atoms with Crippen molar-refractivity contribution in [2.24, 2.45) is 46.3 Å². The molecule has 3 nitrogen and oxygen atoms in total. The summed E-state index contributed by atoms with van der Waals surface area (Å²) in [6, 6.07) is 0.288. The van der Waals surface area contributed by atoms with Crippen LogP contribution in [-0.2, 0) is 9.59 Å². The number of hydrogen-bond acceptors (Lipinski definition) is 2. The van der Waals surface area contributed by atoms with Crippen LogP contribution in [0.4, 0.5) is 0 Å². The molecule has 4 heteroatoms. The zero-order valence-electron chi connectivity index (χ0n) is 23.2. The first-order valence-corrected chi connectivity index (χ1v) is 16.2. The number of fused-ring (bicyclic) bond motifs is 5. The fourth-order valence-corrected chi connectivity index (χ4v) is 9.92. The monoisotopic (exact) mass is 501 g/mol. The lowest BCUT2D eigenvalue weighted by molar-refractivity contribution is -0.119. The van der Waals surface area contributed by atoms with E-state index in [4.69, 9.17) is 0 Å². The Morgan fingerprint density at radius 1 is 1.11 bits per heavy atom. The van der Waals surface area contributed by atoms with E-state index in [0.717, 1.165) is 54.6 Å². The Morgan fingerprint density at radius 2 is 1.91 bits per heavy atom. The van der Waals surface area contributed by atoms with Crippen LogP contribution in [0, 0.1) is 46.3 Å². The van der Waals surface area contributed by atoms with Crippen LogP contribution in [0.5, 0.6) is 0 Å². The van der Waals surface area contributed by atoms with Gasteiger partial charge in [-0.2, -0.15) is 0 Å². The lowest BCUT2D eigenvalue weighted by Gasteiger charge is -2.58. The highest BCUT2D eigenvalue weighted by atomic mass is 31.1. The van der Waals surface area contributed by atoms with E-state index in [-0.39, 0.29) is 11.9 Å². The molecule has 4 rings (SSSR count). The van der Waals surface area contributed by atoms with Crippen LogP contribution in [0.2, 0.25) is 0 Å². The second kappa shape index (κ2) is 11.4. The van der Waals surface area contributed by atoms with Crippen molar-refractivity contribution in [2.45, 2.75) is 111 Å². The summed E-state index contributed by atoms with van der Waals surface area (Å²) in [7, 11) is 0.425. The van der Waals surface area contributed by atoms with Crippen molar-refractivity contribution in [3.8, 4) is 0 Å². The van der Waals surface area contributed by atoms with Gasteiger partial charge < -0.3 is 10.1 Å². The van der Waals surface area contributed by atoms with Gasteiger partial charge in [-0.1, -0.05) is 65.5 Å². The van der Waals surface area contributed by atoms with Crippen LogP contribution in [0.1, 0.15) is 105 Å². The Hall–Kier alpha value is -0.690.